The Morgan fingerprint density at radius 3 is 2.33 bits per heavy atom. The summed E-state index contributed by atoms with van der Waals surface area (Å²) in [6, 6.07) is 16.5. The summed E-state index contributed by atoms with van der Waals surface area (Å²) >= 11 is 0. The number of nitrogens with one attached hydrogen (secondary N) is 1. The molecule has 208 valence electrons. The number of hydrogen-bond acceptors (Lipinski definition) is 4. The summed E-state index contributed by atoms with van der Waals surface area (Å²) in [6.07, 6.45) is 2.12. The van der Waals surface area contributed by atoms with E-state index in [0.29, 0.717) is 47.7 Å². The van der Waals surface area contributed by atoms with Crippen LogP contribution in [0, 0.1) is 23.6 Å². The largest absolute Gasteiger partial charge is 0.369 e. The molecule has 0 spiro atoms. The van der Waals surface area contributed by atoms with Crippen LogP contribution in [0.4, 0.5) is 15.8 Å². The normalized spacial score (nSPS) is 23.9. The molecule has 0 radical (unpaired) electrons. The van der Waals surface area contributed by atoms with Gasteiger partial charge in [0.15, 0.2) is 0 Å². The number of piperidine rings is 2. The molecule has 3 aliphatic heterocycles. The van der Waals surface area contributed by atoms with Gasteiger partial charge in [-0.2, -0.15) is 0 Å². The quantitative estimate of drug-likeness (QED) is 0.505. The average molecular weight is 543 g/mol. The molecule has 0 saturated carbocycles. The third-order valence-electron chi connectivity index (χ3n) is 8.57. The topological polar surface area (TPSA) is 74.7 Å². The third kappa shape index (κ3) is 5.15. The number of aromatic nitrogens is 1. The highest BCUT2D eigenvalue weighted by Crippen LogP contribution is 2.39. The maximum absolute atomic E-state index is 13.6. The summed E-state index contributed by atoms with van der Waals surface area (Å²) in [4.78, 5) is 43.5. The molecule has 1 aromatic heterocycles. The third-order valence-corrected chi connectivity index (χ3v) is 8.57. The van der Waals surface area contributed by atoms with Crippen LogP contribution in [0.25, 0.3) is 0 Å². The molecule has 8 heteroatoms. The van der Waals surface area contributed by atoms with Crippen molar-refractivity contribution in [1.82, 2.24) is 9.47 Å². The lowest BCUT2D eigenvalue weighted by atomic mass is 9.83. The van der Waals surface area contributed by atoms with Gasteiger partial charge >= 0.3 is 0 Å². The second kappa shape index (κ2) is 10.6. The van der Waals surface area contributed by atoms with E-state index in [2.05, 4.69) is 24.1 Å². The molecular weight excluding hydrogens is 507 g/mol. The van der Waals surface area contributed by atoms with Crippen molar-refractivity contribution in [2.24, 2.45) is 17.8 Å². The molecule has 4 atom stereocenters. The van der Waals surface area contributed by atoms with Crippen LogP contribution in [-0.4, -0.2) is 47.5 Å². The number of nitrogens with zero attached hydrogens (tertiary/aromatic N) is 3. The molecule has 2 fully saturated rings. The monoisotopic (exact) mass is 542 g/mol. The number of hydrogen-bond donors (Lipinski definition) is 1. The first-order chi connectivity index (χ1) is 19.2. The number of pyridine rings is 1. The SMILES string of the molecule is C[C@@H]1C[C@H](C)CN(C(=O)c2ccc(N3C[C@H]4C[C@@H](C3)c3cccc(=O)n3C4)c(NC(=O)c3ccc(F)cc3)c2)C1. The minimum atomic E-state index is -0.408. The fourth-order valence-electron chi connectivity index (χ4n) is 6.95. The van der Waals surface area contributed by atoms with Crippen molar-refractivity contribution in [3.8, 4) is 0 Å². The zero-order chi connectivity index (χ0) is 28.0. The van der Waals surface area contributed by atoms with E-state index in [1.807, 2.05) is 33.7 Å². The Kier molecular flexibility index (Phi) is 6.94. The molecule has 2 amide bonds. The summed E-state index contributed by atoms with van der Waals surface area (Å²) in [5.74, 6) is 0.560. The number of rotatable bonds is 4. The second-order valence-electron chi connectivity index (χ2n) is 12.0. The van der Waals surface area contributed by atoms with Gasteiger partial charge in [-0.05, 0) is 79.1 Å². The Labute approximate surface area is 233 Å². The molecule has 2 bridgehead atoms. The number of amides is 2. The highest BCUT2D eigenvalue weighted by atomic mass is 19.1. The predicted molar refractivity (Wildman–Crippen MR) is 153 cm³/mol. The van der Waals surface area contributed by atoms with Gasteiger partial charge in [0.25, 0.3) is 17.4 Å². The van der Waals surface area contributed by atoms with Crippen molar-refractivity contribution in [3.05, 3.63) is 93.7 Å². The number of carbonyl (C=O) groups is 2. The van der Waals surface area contributed by atoms with Crippen LogP contribution in [0.5, 0.6) is 0 Å². The smallest absolute Gasteiger partial charge is 0.255 e. The molecule has 3 aromatic rings. The van der Waals surface area contributed by atoms with Gasteiger partial charge in [0, 0.05) is 61.5 Å². The number of benzene rings is 2. The number of fused-ring (bicyclic) bond motifs is 4. The van der Waals surface area contributed by atoms with Gasteiger partial charge in [-0.25, -0.2) is 4.39 Å². The standard InChI is InChI=1S/C32H35FN4O3/c1-20-12-21(2)16-36(15-20)32(40)24-8-11-29(27(14-24)34-31(39)23-6-9-26(33)10-7-23)35-17-22-13-25(19-35)28-4-3-5-30(38)37(28)18-22/h3-11,14,20-22,25H,12-13,15-19H2,1-2H3,(H,34,39)/t20-,21+,22-,25+/m1/s1. The van der Waals surface area contributed by atoms with E-state index in [0.717, 1.165) is 43.9 Å². The van der Waals surface area contributed by atoms with E-state index < -0.39 is 5.82 Å². The molecule has 0 aliphatic carbocycles. The van der Waals surface area contributed by atoms with Gasteiger partial charge in [0.1, 0.15) is 5.82 Å². The lowest BCUT2D eigenvalue weighted by Crippen LogP contribution is -2.47. The van der Waals surface area contributed by atoms with Crippen LogP contribution in [-0.2, 0) is 6.54 Å². The number of anilines is 2. The average Bonchev–Trinajstić information content (AvgIpc) is 2.93. The Morgan fingerprint density at radius 1 is 0.850 bits per heavy atom. The van der Waals surface area contributed by atoms with Gasteiger partial charge in [-0.1, -0.05) is 19.9 Å². The molecule has 7 nitrogen and oxygen atoms in total. The summed E-state index contributed by atoms with van der Waals surface area (Å²) in [5.41, 5.74) is 3.36. The van der Waals surface area contributed by atoms with E-state index in [1.54, 1.807) is 12.1 Å². The summed E-state index contributed by atoms with van der Waals surface area (Å²) in [5, 5.41) is 3.02. The maximum Gasteiger partial charge on any atom is 0.255 e. The van der Waals surface area contributed by atoms with Crippen molar-refractivity contribution in [3.63, 3.8) is 0 Å². The van der Waals surface area contributed by atoms with Crippen molar-refractivity contribution < 1.29 is 14.0 Å². The van der Waals surface area contributed by atoms with Gasteiger partial charge < -0.3 is 19.7 Å². The van der Waals surface area contributed by atoms with E-state index in [-0.39, 0.29) is 23.3 Å². The van der Waals surface area contributed by atoms with Crippen LogP contribution < -0.4 is 15.8 Å². The van der Waals surface area contributed by atoms with Gasteiger partial charge in [-0.15, -0.1) is 0 Å². The minimum absolute atomic E-state index is 0.0361. The van der Waals surface area contributed by atoms with E-state index in [1.165, 1.54) is 24.3 Å². The Hall–Kier alpha value is -3.94. The Balaban J connectivity index is 1.33. The summed E-state index contributed by atoms with van der Waals surface area (Å²) in [7, 11) is 0. The highest BCUT2D eigenvalue weighted by Gasteiger charge is 2.35. The minimum Gasteiger partial charge on any atom is -0.369 e. The van der Waals surface area contributed by atoms with Crippen LogP contribution in [0.1, 0.15) is 59.0 Å². The molecule has 40 heavy (non-hydrogen) atoms. The van der Waals surface area contributed by atoms with Crippen molar-refractivity contribution in [2.75, 3.05) is 36.4 Å². The van der Waals surface area contributed by atoms with E-state index in [4.69, 9.17) is 0 Å². The number of likely N-dealkylation sites (tertiary alicyclic amines) is 1. The molecule has 0 unspecified atom stereocenters. The zero-order valence-electron chi connectivity index (χ0n) is 23.0. The van der Waals surface area contributed by atoms with Crippen molar-refractivity contribution in [1.29, 1.82) is 0 Å². The van der Waals surface area contributed by atoms with Gasteiger partial charge in [0.05, 0.1) is 11.4 Å². The highest BCUT2D eigenvalue weighted by molar-refractivity contribution is 6.07. The first-order valence-electron chi connectivity index (χ1n) is 14.2. The van der Waals surface area contributed by atoms with Crippen LogP contribution in [0.15, 0.2) is 65.5 Å². The lowest BCUT2D eigenvalue weighted by Gasteiger charge is -2.44. The molecule has 4 heterocycles. The molecule has 2 saturated heterocycles. The fourth-order valence-corrected chi connectivity index (χ4v) is 6.95. The molecule has 2 aromatic carbocycles. The second-order valence-corrected chi connectivity index (χ2v) is 12.0. The first kappa shape index (κ1) is 26.3. The van der Waals surface area contributed by atoms with E-state index in [9.17, 15) is 18.8 Å². The van der Waals surface area contributed by atoms with Crippen molar-refractivity contribution >= 4 is 23.2 Å². The van der Waals surface area contributed by atoms with Crippen LogP contribution in [0.2, 0.25) is 0 Å². The van der Waals surface area contributed by atoms with Gasteiger partial charge in [0.2, 0.25) is 0 Å². The molecule has 6 rings (SSSR count). The maximum atomic E-state index is 13.6. The Morgan fingerprint density at radius 2 is 1.57 bits per heavy atom. The number of halogens is 1. The first-order valence-corrected chi connectivity index (χ1v) is 14.2. The Bertz CT molecular complexity index is 1490. The van der Waals surface area contributed by atoms with Gasteiger partial charge in [-0.3, -0.25) is 14.4 Å². The lowest BCUT2D eigenvalue weighted by molar-refractivity contribution is 0.0623. The van der Waals surface area contributed by atoms with E-state index >= 15 is 0 Å². The number of carbonyl (C=O) groups excluding carboxylic acids is 2. The van der Waals surface area contributed by atoms with Crippen molar-refractivity contribution in [2.45, 2.75) is 39.2 Å². The fraction of sp³-hybridized carbons (Fsp3) is 0.406. The summed E-state index contributed by atoms with van der Waals surface area (Å²) < 4.78 is 15.4. The van der Waals surface area contributed by atoms with Crippen LogP contribution in [0.3, 0.4) is 0 Å². The summed E-state index contributed by atoms with van der Waals surface area (Å²) in [6.45, 7) is 7.90. The molecule has 1 N–H and O–H groups in total. The predicted octanol–water partition coefficient (Wildman–Crippen LogP) is 4.98. The molecule has 3 aliphatic rings. The zero-order valence-corrected chi connectivity index (χ0v) is 23.0. The van der Waals surface area contributed by atoms with Crippen LogP contribution >= 0.6 is 0 Å². The molecular formula is C32H35FN4O3.